The van der Waals surface area contributed by atoms with Gasteiger partial charge in [0.15, 0.2) is 9.84 Å². The molecular formula is C25H21N3O3S. The third-order valence-corrected chi connectivity index (χ3v) is 8.18. The minimum Gasteiger partial charge on any atom is -0.256 e. The van der Waals surface area contributed by atoms with Gasteiger partial charge in [-0.15, -0.1) is 0 Å². The van der Waals surface area contributed by atoms with Crippen LogP contribution in [-0.4, -0.2) is 30.0 Å². The molecule has 0 aliphatic rings. The maximum absolute atomic E-state index is 12.5. The molecule has 2 aromatic heterocycles. The minimum atomic E-state index is -3.33. The lowest BCUT2D eigenvalue weighted by Gasteiger charge is -2.24. The van der Waals surface area contributed by atoms with Crippen molar-refractivity contribution in [1.82, 2.24) is 15.3 Å². The zero-order chi connectivity index (χ0) is 22.5. The van der Waals surface area contributed by atoms with Crippen molar-refractivity contribution in [1.29, 1.82) is 0 Å². The first-order chi connectivity index (χ1) is 15.2. The molecule has 0 radical (unpaired) electrons. The van der Waals surface area contributed by atoms with Gasteiger partial charge in [-0.05, 0) is 82.8 Å². The Morgan fingerprint density at radius 3 is 2.38 bits per heavy atom. The van der Waals surface area contributed by atoms with Gasteiger partial charge in [0.05, 0.1) is 10.3 Å². The molecular weight excluding hydrogens is 422 g/mol. The molecule has 0 spiro atoms. The highest BCUT2D eigenvalue weighted by atomic mass is 32.2. The van der Waals surface area contributed by atoms with E-state index in [4.69, 9.17) is 4.63 Å². The van der Waals surface area contributed by atoms with Crippen molar-refractivity contribution >= 4 is 31.8 Å². The van der Waals surface area contributed by atoms with Crippen LogP contribution in [0.5, 0.6) is 0 Å². The van der Waals surface area contributed by atoms with Gasteiger partial charge in [0, 0.05) is 23.4 Å². The fourth-order valence-corrected chi connectivity index (χ4v) is 4.35. The molecule has 0 atom stereocenters. The van der Waals surface area contributed by atoms with Crippen LogP contribution in [0.2, 0.25) is 0 Å². The Hall–Kier alpha value is -3.58. The van der Waals surface area contributed by atoms with E-state index in [0.717, 1.165) is 38.7 Å². The van der Waals surface area contributed by atoms with Gasteiger partial charge in [-0.2, -0.15) is 0 Å². The fraction of sp³-hybridized carbons (Fsp3) is 0.160. The predicted octanol–water partition coefficient (Wildman–Crippen LogP) is 5.38. The maximum Gasteiger partial charge on any atom is 0.156 e. The summed E-state index contributed by atoms with van der Waals surface area (Å²) in [4.78, 5) is 4.60. The Morgan fingerprint density at radius 1 is 0.812 bits per heavy atom. The van der Waals surface area contributed by atoms with Crippen molar-refractivity contribution in [2.24, 2.45) is 0 Å². The molecule has 0 aliphatic carbocycles. The van der Waals surface area contributed by atoms with Crippen LogP contribution in [0.4, 0.5) is 0 Å². The summed E-state index contributed by atoms with van der Waals surface area (Å²) < 4.78 is 28.8. The van der Waals surface area contributed by atoms with E-state index in [1.807, 2.05) is 60.7 Å². The maximum atomic E-state index is 12.5. The molecule has 0 bridgehead atoms. The highest BCUT2D eigenvalue weighted by Gasteiger charge is 2.33. The number of rotatable bonds is 4. The molecule has 0 amide bonds. The predicted molar refractivity (Wildman–Crippen MR) is 126 cm³/mol. The molecule has 0 saturated heterocycles. The number of benzene rings is 3. The molecule has 7 heteroatoms. The summed E-state index contributed by atoms with van der Waals surface area (Å²) in [6.07, 6.45) is 3.03. The first-order valence-corrected chi connectivity index (χ1v) is 12.1. The van der Waals surface area contributed by atoms with E-state index in [2.05, 4.69) is 21.4 Å². The van der Waals surface area contributed by atoms with E-state index in [1.165, 1.54) is 6.26 Å². The van der Waals surface area contributed by atoms with Crippen molar-refractivity contribution in [2.45, 2.75) is 18.6 Å². The van der Waals surface area contributed by atoms with Crippen LogP contribution in [0.25, 0.3) is 44.2 Å². The monoisotopic (exact) mass is 443 g/mol. The highest BCUT2D eigenvalue weighted by molar-refractivity contribution is 7.91. The van der Waals surface area contributed by atoms with Crippen LogP contribution < -0.4 is 0 Å². The molecule has 160 valence electrons. The number of hydrogen-bond donors (Lipinski definition) is 0. The summed E-state index contributed by atoms with van der Waals surface area (Å²) in [5.74, 6) is 0. The zero-order valence-electron chi connectivity index (χ0n) is 17.9. The Morgan fingerprint density at radius 2 is 1.56 bits per heavy atom. The number of pyridine rings is 1. The van der Waals surface area contributed by atoms with Gasteiger partial charge in [-0.3, -0.25) is 4.98 Å². The van der Waals surface area contributed by atoms with Crippen LogP contribution in [-0.2, 0) is 14.6 Å². The number of nitrogens with zero attached hydrogens (tertiary/aromatic N) is 3. The van der Waals surface area contributed by atoms with Gasteiger partial charge in [0.25, 0.3) is 0 Å². The molecule has 0 unspecified atom stereocenters. The zero-order valence-corrected chi connectivity index (χ0v) is 18.7. The molecule has 5 rings (SSSR count). The Bertz CT molecular complexity index is 1590. The van der Waals surface area contributed by atoms with Gasteiger partial charge >= 0.3 is 0 Å². The fourth-order valence-electron chi connectivity index (χ4n) is 3.80. The second kappa shape index (κ2) is 7.24. The van der Waals surface area contributed by atoms with Crippen LogP contribution in [0.3, 0.4) is 0 Å². The number of aromatic nitrogens is 3. The molecule has 0 fully saturated rings. The molecule has 5 aromatic rings. The van der Waals surface area contributed by atoms with Gasteiger partial charge < -0.3 is 0 Å². The summed E-state index contributed by atoms with van der Waals surface area (Å²) in [6, 6.07) is 21.6. The third-order valence-electron chi connectivity index (χ3n) is 6.09. The van der Waals surface area contributed by atoms with Gasteiger partial charge in [-0.1, -0.05) is 30.3 Å². The lowest BCUT2D eigenvalue weighted by atomic mass is 9.92. The molecule has 3 aromatic carbocycles. The molecule has 0 N–H and O–H groups in total. The molecule has 6 nitrogen and oxygen atoms in total. The number of fused-ring (bicyclic) bond motifs is 2. The van der Waals surface area contributed by atoms with E-state index in [-0.39, 0.29) is 0 Å². The lowest BCUT2D eigenvalue weighted by molar-refractivity contribution is 0.315. The molecule has 0 aliphatic heterocycles. The van der Waals surface area contributed by atoms with Crippen molar-refractivity contribution < 1.29 is 13.0 Å². The molecule has 2 heterocycles. The molecule has 32 heavy (non-hydrogen) atoms. The van der Waals surface area contributed by atoms with Crippen LogP contribution >= 0.6 is 0 Å². The lowest BCUT2D eigenvalue weighted by Crippen LogP contribution is -2.28. The van der Waals surface area contributed by atoms with Crippen molar-refractivity contribution in [3.8, 4) is 22.3 Å². The van der Waals surface area contributed by atoms with E-state index in [0.29, 0.717) is 11.0 Å². The minimum absolute atomic E-state index is 0.692. The van der Waals surface area contributed by atoms with E-state index in [9.17, 15) is 8.42 Å². The molecule has 0 saturated carbocycles. The summed E-state index contributed by atoms with van der Waals surface area (Å²) in [5.41, 5.74) is 6.79. The van der Waals surface area contributed by atoms with E-state index < -0.39 is 14.6 Å². The van der Waals surface area contributed by atoms with Gasteiger partial charge in [0.1, 0.15) is 11.0 Å². The Labute approximate surface area is 185 Å². The topological polar surface area (TPSA) is 85.9 Å². The summed E-state index contributed by atoms with van der Waals surface area (Å²) >= 11 is 0. The summed E-state index contributed by atoms with van der Waals surface area (Å²) in [6.45, 7) is 3.47. The van der Waals surface area contributed by atoms with Crippen molar-refractivity contribution in [2.75, 3.05) is 6.26 Å². The van der Waals surface area contributed by atoms with Crippen LogP contribution in [0, 0.1) is 0 Å². The quantitative estimate of drug-likeness (QED) is 0.370. The smallest absolute Gasteiger partial charge is 0.156 e. The summed E-state index contributed by atoms with van der Waals surface area (Å²) in [5, 5.41) is 8.70. The summed E-state index contributed by atoms with van der Waals surface area (Å²) in [7, 11) is -3.33. The van der Waals surface area contributed by atoms with E-state index in [1.54, 1.807) is 20.0 Å². The first kappa shape index (κ1) is 20.3. The standard InChI is InChI=1S/C25H21N3O3S/c1-25(2,32(3,29)30)20-13-19-8-5-11-26-24(19)21(15-20)18-7-4-6-16(12-18)17-9-10-22-23(14-17)28-31-27-22/h4-15H,1-3H3. The highest BCUT2D eigenvalue weighted by Crippen LogP contribution is 2.37. The van der Waals surface area contributed by atoms with Crippen molar-refractivity contribution in [3.05, 3.63) is 78.5 Å². The van der Waals surface area contributed by atoms with Crippen LogP contribution in [0.1, 0.15) is 19.4 Å². The average molecular weight is 444 g/mol. The first-order valence-electron chi connectivity index (χ1n) is 10.2. The van der Waals surface area contributed by atoms with Crippen LogP contribution in [0.15, 0.2) is 77.6 Å². The largest absolute Gasteiger partial charge is 0.256 e. The number of hydrogen-bond acceptors (Lipinski definition) is 6. The van der Waals surface area contributed by atoms with Crippen molar-refractivity contribution in [3.63, 3.8) is 0 Å². The third kappa shape index (κ3) is 3.35. The number of sulfone groups is 1. The normalized spacial score (nSPS) is 12.5. The second-order valence-corrected chi connectivity index (χ2v) is 11.0. The van der Waals surface area contributed by atoms with E-state index >= 15 is 0 Å². The Kier molecular flexibility index (Phi) is 4.60. The Balaban J connectivity index is 1.72. The van der Waals surface area contributed by atoms with Gasteiger partial charge in [0.2, 0.25) is 0 Å². The van der Waals surface area contributed by atoms with Gasteiger partial charge in [-0.25, -0.2) is 13.0 Å². The average Bonchev–Trinajstić information content (AvgIpc) is 3.25. The SMILES string of the molecule is CC(C)(c1cc(-c2cccc(-c3ccc4nonc4c3)c2)c2ncccc2c1)S(C)(=O)=O. The second-order valence-electron chi connectivity index (χ2n) is 8.43.